The third kappa shape index (κ3) is 2.17. The quantitative estimate of drug-likeness (QED) is 0.774. The minimum atomic E-state index is 0.488. The van der Waals surface area contributed by atoms with Crippen molar-refractivity contribution < 1.29 is 0 Å². The van der Waals surface area contributed by atoms with E-state index < -0.39 is 0 Å². The molecule has 1 saturated heterocycles. The van der Waals surface area contributed by atoms with Gasteiger partial charge >= 0.3 is 0 Å². The van der Waals surface area contributed by atoms with E-state index in [2.05, 4.69) is 35.3 Å². The van der Waals surface area contributed by atoms with Crippen LogP contribution in [0, 0.1) is 18.3 Å². The van der Waals surface area contributed by atoms with E-state index in [0.717, 1.165) is 36.4 Å². The largest absolute Gasteiger partial charge is 0.368 e. The summed E-state index contributed by atoms with van der Waals surface area (Å²) in [4.78, 5) is 2.29. The number of nitrogens with zero attached hydrogens (tertiary/aromatic N) is 2. The van der Waals surface area contributed by atoms with Gasteiger partial charge in [0.2, 0.25) is 0 Å². The van der Waals surface area contributed by atoms with Crippen LogP contribution in [-0.4, -0.2) is 25.7 Å². The van der Waals surface area contributed by atoms with Gasteiger partial charge in [-0.3, -0.25) is 0 Å². The van der Waals surface area contributed by atoms with Gasteiger partial charge in [-0.25, -0.2) is 0 Å². The summed E-state index contributed by atoms with van der Waals surface area (Å²) in [7, 11) is 0. The molecule has 1 fully saturated rings. The van der Waals surface area contributed by atoms with E-state index in [1.165, 1.54) is 0 Å². The molecule has 0 radical (unpaired) electrons. The maximum atomic E-state index is 9.15. The Hall–Kier alpha value is -1.53. The summed E-state index contributed by atoms with van der Waals surface area (Å²) in [6.07, 6.45) is 0. The average Bonchev–Trinajstić information content (AvgIpc) is 2.28. The van der Waals surface area contributed by atoms with Gasteiger partial charge in [0.25, 0.3) is 0 Å². The van der Waals surface area contributed by atoms with E-state index in [-0.39, 0.29) is 0 Å². The minimum absolute atomic E-state index is 0.488. The van der Waals surface area contributed by atoms with Gasteiger partial charge in [-0.1, -0.05) is 6.07 Å². The Labute approximate surface area is 96.7 Å². The van der Waals surface area contributed by atoms with Gasteiger partial charge in [0.15, 0.2) is 0 Å². The van der Waals surface area contributed by atoms with Crippen molar-refractivity contribution in [2.24, 2.45) is 0 Å². The maximum absolute atomic E-state index is 9.15. The summed E-state index contributed by atoms with van der Waals surface area (Å²) in [5, 5.41) is 12.6. The second-order valence-electron chi connectivity index (χ2n) is 4.43. The molecule has 3 heteroatoms. The number of hydrogen-bond acceptors (Lipinski definition) is 3. The monoisotopic (exact) mass is 215 g/mol. The lowest BCUT2D eigenvalue weighted by Gasteiger charge is -2.34. The second-order valence-corrected chi connectivity index (χ2v) is 4.43. The van der Waals surface area contributed by atoms with E-state index in [1.54, 1.807) is 0 Å². The standard InChI is InChI=1S/C13H17N3/c1-10-3-4-13(12(7-10)8-14)16-6-5-15-11(2)9-16/h3-4,7,11,15H,5-6,9H2,1-2H3. The van der Waals surface area contributed by atoms with Gasteiger partial charge in [0, 0.05) is 25.7 Å². The van der Waals surface area contributed by atoms with E-state index in [4.69, 9.17) is 5.26 Å². The van der Waals surface area contributed by atoms with Crippen LogP contribution >= 0.6 is 0 Å². The second kappa shape index (κ2) is 4.54. The number of rotatable bonds is 1. The molecule has 0 bridgehead atoms. The molecular formula is C13H17N3. The molecule has 1 aromatic carbocycles. The van der Waals surface area contributed by atoms with Crippen LogP contribution in [0.1, 0.15) is 18.1 Å². The van der Waals surface area contributed by atoms with Gasteiger partial charge < -0.3 is 10.2 Å². The predicted molar refractivity (Wildman–Crippen MR) is 65.6 cm³/mol. The summed E-state index contributed by atoms with van der Waals surface area (Å²) in [6.45, 7) is 7.12. The van der Waals surface area contributed by atoms with Crippen LogP contribution in [0.15, 0.2) is 18.2 Å². The van der Waals surface area contributed by atoms with Crippen molar-refractivity contribution in [3.8, 4) is 6.07 Å². The van der Waals surface area contributed by atoms with Crippen LogP contribution in [0.2, 0.25) is 0 Å². The van der Waals surface area contributed by atoms with Crippen molar-refractivity contribution >= 4 is 5.69 Å². The highest BCUT2D eigenvalue weighted by molar-refractivity contribution is 5.60. The summed E-state index contributed by atoms with van der Waals surface area (Å²) < 4.78 is 0. The number of aryl methyl sites for hydroxylation is 1. The number of benzene rings is 1. The third-order valence-corrected chi connectivity index (χ3v) is 2.98. The fraction of sp³-hybridized carbons (Fsp3) is 0.462. The summed E-state index contributed by atoms with van der Waals surface area (Å²) in [6, 6.07) is 8.87. The molecule has 0 spiro atoms. The van der Waals surface area contributed by atoms with Gasteiger partial charge in [0.1, 0.15) is 6.07 Å². The van der Waals surface area contributed by atoms with Crippen LogP contribution in [0.3, 0.4) is 0 Å². The van der Waals surface area contributed by atoms with Crippen LogP contribution in [0.25, 0.3) is 0 Å². The molecule has 1 aliphatic heterocycles. The Kier molecular flexibility index (Phi) is 3.12. The molecular weight excluding hydrogens is 198 g/mol. The minimum Gasteiger partial charge on any atom is -0.368 e. The van der Waals surface area contributed by atoms with Crippen molar-refractivity contribution in [1.29, 1.82) is 5.26 Å². The molecule has 1 atom stereocenters. The first-order valence-electron chi connectivity index (χ1n) is 5.70. The fourth-order valence-electron chi connectivity index (χ4n) is 2.17. The molecule has 1 aromatic rings. The average molecular weight is 215 g/mol. The molecule has 2 rings (SSSR count). The summed E-state index contributed by atoms with van der Waals surface area (Å²) >= 11 is 0. The normalized spacial score (nSPS) is 20.6. The lowest BCUT2D eigenvalue weighted by Crippen LogP contribution is -2.49. The van der Waals surface area contributed by atoms with E-state index >= 15 is 0 Å². The first-order valence-corrected chi connectivity index (χ1v) is 5.70. The Morgan fingerprint density at radius 1 is 1.50 bits per heavy atom. The zero-order valence-electron chi connectivity index (χ0n) is 9.83. The Morgan fingerprint density at radius 3 is 3.00 bits per heavy atom. The summed E-state index contributed by atoms with van der Waals surface area (Å²) in [5.41, 5.74) is 3.00. The van der Waals surface area contributed by atoms with E-state index in [1.807, 2.05) is 13.0 Å². The third-order valence-electron chi connectivity index (χ3n) is 2.98. The van der Waals surface area contributed by atoms with Crippen LogP contribution in [-0.2, 0) is 0 Å². The number of piperazine rings is 1. The highest BCUT2D eigenvalue weighted by atomic mass is 15.2. The highest BCUT2D eigenvalue weighted by Gasteiger charge is 2.18. The van der Waals surface area contributed by atoms with Crippen LogP contribution in [0.4, 0.5) is 5.69 Å². The molecule has 1 aliphatic rings. The lowest BCUT2D eigenvalue weighted by atomic mass is 10.1. The molecule has 1 unspecified atom stereocenters. The molecule has 1 N–H and O–H groups in total. The SMILES string of the molecule is Cc1ccc(N2CCNC(C)C2)c(C#N)c1. The Balaban J connectivity index is 2.29. The van der Waals surface area contributed by atoms with Crippen LogP contribution < -0.4 is 10.2 Å². The zero-order valence-corrected chi connectivity index (χ0v) is 9.83. The predicted octanol–water partition coefficient (Wildman–Crippen LogP) is 1.66. The Bertz CT molecular complexity index is 420. The molecule has 1 heterocycles. The van der Waals surface area contributed by atoms with Crippen molar-refractivity contribution in [1.82, 2.24) is 5.32 Å². The Morgan fingerprint density at radius 2 is 2.31 bits per heavy atom. The van der Waals surface area contributed by atoms with Crippen molar-refractivity contribution in [2.45, 2.75) is 19.9 Å². The van der Waals surface area contributed by atoms with E-state index in [0.29, 0.717) is 6.04 Å². The highest BCUT2D eigenvalue weighted by Crippen LogP contribution is 2.22. The number of nitrogens with one attached hydrogen (secondary N) is 1. The fourth-order valence-corrected chi connectivity index (χ4v) is 2.17. The topological polar surface area (TPSA) is 39.1 Å². The molecule has 0 aromatic heterocycles. The molecule has 0 saturated carbocycles. The van der Waals surface area contributed by atoms with Gasteiger partial charge in [-0.05, 0) is 31.5 Å². The van der Waals surface area contributed by atoms with Gasteiger partial charge in [0.05, 0.1) is 11.3 Å². The zero-order chi connectivity index (χ0) is 11.5. The van der Waals surface area contributed by atoms with Crippen molar-refractivity contribution in [2.75, 3.05) is 24.5 Å². The molecule has 84 valence electrons. The molecule has 3 nitrogen and oxygen atoms in total. The first kappa shape index (κ1) is 11.0. The van der Waals surface area contributed by atoms with Crippen molar-refractivity contribution in [3.05, 3.63) is 29.3 Å². The van der Waals surface area contributed by atoms with Crippen LogP contribution in [0.5, 0.6) is 0 Å². The van der Waals surface area contributed by atoms with Gasteiger partial charge in [-0.2, -0.15) is 5.26 Å². The lowest BCUT2D eigenvalue weighted by molar-refractivity contribution is 0.484. The maximum Gasteiger partial charge on any atom is 0.101 e. The molecule has 0 aliphatic carbocycles. The van der Waals surface area contributed by atoms with Crippen molar-refractivity contribution in [3.63, 3.8) is 0 Å². The number of anilines is 1. The molecule has 0 amide bonds. The smallest absolute Gasteiger partial charge is 0.101 e. The molecule has 16 heavy (non-hydrogen) atoms. The number of nitriles is 1. The first-order chi connectivity index (χ1) is 7.70. The summed E-state index contributed by atoms with van der Waals surface area (Å²) in [5.74, 6) is 0. The van der Waals surface area contributed by atoms with Gasteiger partial charge in [-0.15, -0.1) is 0 Å². The number of hydrogen-bond donors (Lipinski definition) is 1. The van der Waals surface area contributed by atoms with E-state index in [9.17, 15) is 0 Å².